The van der Waals surface area contributed by atoms with Gasteiger partial charge in [0.05, 0.1) is 6.10 Å². The molecule has 1 unspecified atom stereocenters. The van der Waals surface area contributed by atoms with Crippen LogP contribution in [0, 0.1) is 12.7 Å². The molecule has 1 N–H and O–H groups in total. The Labute approximate surface area is 109 Å². The highest BCUT2D eigenvalue weighted by molar-refractivity contribution is 7.99. The summed E-state index contributed by atoms with van der Waals surface area (Å²) in [6.45, 7) is 3.30. The van der Waals surface area contributed by atoms with Crippen molar-refractivity contribution in [2.45, 2.75) is 30.0 Å². The molecule has 0 saturated carbocycles. The lowest BCUT2D eigenvalue weighted by Gasteiger charge is -2.12. The Kier molecular flexibility index (Phi) is 3.93. The smallest absolute Gasteiger partial charge is 0.192 e. The van der Waals surface area contributed by atoms with Gasteiger partial charge in [0, 0.05) is 17.3 Å². The number of halogens is 1. The van der Waals surface area contributed by atoms with E-state index in [1.165, 1.54) is 17.8 Å². The van der Waals surface area contributed by atoms with Crippen molar-refractivity contribution in [2.75, 3.05) is 0 Å². The van der Waals surface area contributed by atoms with Gasteiger partial charge in [0.2, 0.25) is 0 Å². The highest BCUT2D eigenvalue weighted by atomic mass is 32.2. The second kappa shape index (κ2) is 5.46. The molecule has 1 heterocycles. The van der Waals surface area contributed by atoms with Crippen LogP contribution in [0.2, 0.25) is 0 Å². The lowest BCUT2D eigenvalue weighted by Crippen LogP contribution is -1.98. The van der Waals surface area contributed by atoms with Gasteiger partial charge in [-0.1, -0.05) is 0 Å². The van der Waals surface area contributed by atoms with E-state index in [4.69, 9.17) is 0 Å². The number of nitrogens with zero attached hydrogens (tertiary/aromatic N) is 2. The molecule has 0 fully saturated rings. The molecule has 0 saturated heterocycles. The topological polar surface area (TPSA) is 46.0 Å². The highest BCUT2D eigenvalue weighted by Crippen LogP contribution is 2.33. The molecule has 0 aliphatic rings. The lowest BCUT2D eigenvalue weighted by molar-refractivity contribution is 0.196. The number of aromatic nitrogens is 2. The number of rotatable bonds is 3. The Bertz CT molecular complexity index is 546. The fraction of sp³-hybridized carbons (Fsp3) is 0.231. The first kappa shape index (κ1) is 13.0. The first-order valence-electron chi connectivity index (χ1n) is 5.51. The number of aliphatic hydroxyl groups is 1. The summed E-state index contributed by atoms with van der Waals surface area (Å²) in [7, 11) is 0. The third kappa shape index (κ3) is 2.86. The van der Waals surface area contributed by atoms with Gasteiger partial charge in [-0.25, -0.2) is 14.4 Å². The van der Waals surface area contributed by atoms with Crippen LogP contribution in [0.4, 0.5) is 4.39 Å². The molecule has 2 aromatic rings. The van der Waals surface area contributed by atoms with Crippen molar-refractivity contribution in [2.24, 2.45) is 0 Å². The molecular formula is C13H13FN2OS. The quantitative estimate of drug-likeness (QED) is 0.865. The van der Waals surface area contributed by atoms with Gasteiger partial charge in [0.1, 0.15) is 5.82 Å². The van der Waals surface area contributed by atoms with Gasteiger partial charge in [-0.15, -0.1) is 0 Å². The fourth-order valence-electron chi connectivity index (χ4n) is 1.52. The molecule has 2 rings (SSSR count). The van der Waals surface area contributed by atoms with Crippen LogP contribution in [0.1, 0.15) is 24.2 Å². The molecule has 3 nitrogen and oxygen atoms in total. The zero-order valence-electron chi connectivity index (χ0n) is 10.1. The Morgan fingerprint density at radius 1 is 1.28 bits per heavy atom. The van der Waals surface area contributed by atoms with Crippen LogP contribution in [0.15, 0.2) is 40.6 Å². The number of hydrogen-bond acceptors (Lipinski definition) is 4. The van der Waals surface area contributed by atoms with Crippen molar-refractivity contribution < 1.29 is 9.50 Å². The maximum atomic E-state index is 13.5. The SMILES string of the molecule is Cc1cc(Sc2ncccn2)c(C(C)O)cc1F. The zero-order valence-corrected chi connectivity index (χ0v) is 10.9. The molecule has 18 heavy (non-hydrogen) atoms. The summed E-state index contributed by atoms with van der Waals surface area (Å²) in [6, 6.07) is 4.80. The minimum Gasteiger partial charge on any atom is -0.389 e. The van der Waals surface area contributed by atoms with Crippen molar-refractivity contribution in [3.63, 3.8) is 0 Å². The third-order valence-electron chi connectivity index (χ3n) is 2.48. The van der Waals surface area contributed by atoms with Crippen molar-refractivity contribution in [1.82, 2.24) is 9.97 Å². The van der Waals surface area contributed by atoms with E-state index in [2.05, 4.69) is 9.97 Å². The Balaban J connectivity index is 2.40. The van der Waals surface area contributed by atoms with Crippen LogP contribution >= 0.6 is 11.8 Å². The molecule has 1 aromatic carbocycles. The highest BCUT2D eigenvalue weighted by Gasteiger charge is 2.13. The molecule has 1 atom stereocenters. The van der Waals surface area contributed by atoms with Crippen molar-refractivity contribution >= 4 is 11.8 Å². The van der Waals surface area contributed by atoms with Crippen LogP contribution in [-0.2, 0) is 0 Å². The van der Waals surface area contributed by atoms with E-state index < -0.39 is 6.10 Å². The van der Waals surface area contributed by atoms with Crippen molar-refractivity contribution in [3.05, 3.63) is 47.5 Å². The molecule has 0 amide bonds. The van der Waals surface area contributed by atoms with Crippen LogP contribution < -0.4 is 0 Å². The molecule has 0 bridgehead atoms. The van der Waals surface area contributed by atoms with Crippen LogP contribution in [-0.4, -0.2) is 15.1 Å². The molecule has 0 spiro atoms. The number of aliphatic hydroxyl groups excluding tert-OH is 1. The largest absolute Gasteiger partial charge is 0.389 e. The van der Waals surface area contributed by atoms with Crippen molar-refractivity contribution in [3.8, 4) is 0 Å². The van der Waals surface area contributed by atoms with Crippen LogP contribution in [0.3, 0.4) is 0 Å². The third-order valence-corrected chi connectivity index (χ3v) is 3.45. The molecule has 0 aliphatic heterocycles. The van der Waals surface area contributed by atoms with Gasteiger partial charge in [0.25, 0.3) is 0 Å². The van der Waals surface area contributed by atoms with Gasteiger partial charge in [-0.3, -0.25) is 0 Å². The van der Waals surface area contributed by atoms with Gasteiger partial charge in [0.15, 0.2) is 5.16 Å². The average Bonchev–Trinajstić information content (AvgIpc) is 2.34. The van der Waals surface area contributed by atoms with E-state index in [0.717, 1.165) is 4.90 Å². The van der Waals surface area contributed by atoms with E-state index in [9.17, 15) is 9.50 Å². The molecule has 0 aliphatic carbocycles. The Morgan fingerprint density at radius 2 is 1.94 bits per heavy atom. The first-order chi connectivity index (χ1) is 8.58. The molecule has 94 valence electrons. The maximum Gasteiger partial charge on any atom is 0.192 e. The summed E-state index contributed by atoms with van der Waals surface area (Å²) >= 11 is 1.32. The fourth-order valence-corrected chi connectivity index (χ4v) is 2.53. The number of aryl methyl sites for hydroxylation is 1. The van der Waals surface area contributed by atoms with E-state index in [1.54, 1.807) is 38.4 Å². The summed E-state index contributed by atoms with van der Waals surface area (Å²) in [5, 5.41) is 10.3. The summed E-state index contributed by atoms with van der Waals surface area (Å²) in [5.41, 5.74) is 1.09. The predicted molar refractivity (Wildman–Crippen MR) is 67.9 cm³/mol. The van der Waals surface area contributed by atoms with E-state index in [0.29, 0.717) is 16.3 Å². The van der Waals surface area contributed by atoms with Crippen LogP contribution in [0.25, 0.3) is 0 Å². The summed E-state index contributed by atoms with van der Waals surface area (Å²) in [6.07, 6.45) is 2.56. The maximum absolute atomic E-state index is 13.5. The Morgan fingerprint density at radius 3 is 2.56 bits per heavy atom. The van der Waals surface area contributed by atoms with E-state index in [1.807, 2.05) is 0 Å². The average molecular weight is 264 g/mol. The molecule has 5 heteroatoms. The summed E-state index contributed by atoms with van der Waals surface area (Å²) in [5.74, 6) is -0.316. The second-order valence-electron chi connectivity index (χ2n) is 3.95. The van der Waals surface area contributed by atoms with Gasteiger partial charge in [-0.05, 0) is 54.9 Å². The minimum absolute atomic E-state index is 0.316. The summed E-state index contributed by atoms with van der Waals surface area (Å²) in [4.78, 5) is 8.98. The monoisotopic (exact) mass is 264 g/mol. The summed E-state index contributed by atoms with van der Waals surface area (Å²) < 4.78 is 13.5. The first-order valence-corrected chi connectivity index (χ1v) is 6.32. The molecular weight excluding hydrogens is 251 g/mol. The molecule has 1 aromatic heterocycles. The standard InChI is InChI=1S/C13H13FN2OS/c1-8-6-12(10(9(2)17)7-11(8)14)18-13-15-4-3-5-16-13/h3-7,9,17H,1-2H3. The Hall–Kier alpha value is -1.46. The minimum atomic E-state index is -0.730. The lowest BCUT2D eigenvalue weighted by atomic mass is 10.1. The number of hydrogen-bond donors (Lipinski definition) is 1. The van der Waals surface area contributed by atoms with Gasteiger partial charge >= 0.3 is 0 Å². The van der Waals surface area contributed by atoms with Gasteiger partial charge in [-0.2, -0.15) is 0 Å². The van der Waals surface area contributed by atoms with Gasteiger partial charge < -0.3 is 5.11 Å². The number of benzene rings is 1. The molecule has 0 radical (unpaired) electrons. The normalized spacial score (nSPS) is 12.4. The van der Waals surface area contributed by atoms with Crippen molar-refractivity contribution in [1.29, 1.82) is 0 Å². The van der Waals surface area contributed by atoms with E-state index >= 15 is 0 Å². The second-order valence-corrected chi connectivity index (χ2v) is 4.96. The zero-order chi connectivity index (χ0) is 13.1. The van der Waals surface area contributed by atoms with E-state index in [-0.39, 0.29) is 5.82 Å². The predicted octanol–water partition coefficient (Wildman–Crippen LogP) is 3.13. The van der Waals surface area contributed by atoms with Crippen LogP contribution in [0.5, 0.6) is 0 Å².